The van der Waals surface area contributed by atoms with Gasteiger partial charge in [-0.3, -0.25) is 9.78 Å². The van der Waals surface area contributed by atoms with Crippen LogP contribution in [0.15, 0.2) is 47.8 Å². The number of likely N-dealkylation sites (tertiary alicyclic amines) is 1. The summed E-state index contributed by atoms with van der Waals surface area (Å²) in [4.78, 5) is 22.4. The largest absolute Gasteiger partial charge is 0.337 e. The molecule has 1 unspecified atom stereocenters. The average Bonchev–Trinajstić information content (AvgIpc) is 2.67. The second-order valence-corrected chi connectivity index (χ2v) is 8.28. The van der Waals surface area contributed by atoms with Crippen LogP contribution in [0.3, 0.4) is 0 Å². The van der Waals surface area contributed by atoms with Crippen molar-refractivity contribution in [2.45, 2.75) is 24.7 Å². The lowest BCUT2D eigenvalue weighted by molar-refractivity contribution is 0.0670. The van der Waals surface area contributed by atoms with E-state index in [9.17, 15) is 13.2 Å². The highest BCUT2D eigenvalue weighted by Crippen LogP contribution is 2.18. The molecule has 1 aliphatic heterocycles. The van der Waals surface area contributed by atoms with E-state index >= 15 is 0 Å². The molecule has 0 spiro atoms. The predicted molar refractivity (Wildman–Crippen MR) is 97.0 cm³/mol. The molecule has 1 fully saturated rings. The molecule has 0 bridgehead atoms. The molecule has 0 saturated carbocycles. The zero-order valence-corrected chi connectivity index (χ0v) is 15.4. The van der Waals surface area contributed by atoms with Crippen LogP contribution in [-0.2, 0) is 10.0 Å². The summed E-state index contributed by atoms with van der Waals surface area (Å²) in [6.45, 7) is 3.37. The molecule has 2 aromatic rings. The molecular weight excluding hydrogens is 352 g/mol. The molecule has 2 heterocycles. The van der Waals surface area contributed by atoms with E-state index < -0.39 is 10.0 Å². The standard InChI is InChI=1S/C18H22N4O3S/c1-14-4-6-16(7-5-14)26(24,25)21-11-15-3-2-10-22(13-15)18(23)17-12-19-8-9-20-17/h4-9,12,15,21H,2-3,10-11,13H2,1H3. The lowest BCUT2D eigenvalue weighted by atomic mass is 9.98. The van der Waals surface area contributed by atoms with Crippen molar-refractivity contribution in [3.63, 3.8) is 0 Å². The Kier molecular flexibility index (Phi) is 5.63. The molecule has 1 aliphatic rings. The van der Waals surface area contributed by atoms with Crippen LogP contribution in [0.25, 0.3) is 0 Å². The molecule has 1 N–H and O–H groups in total. The number of nitrogens with one attached hydrogen (secondary N) is 1. The van der Waals surface area contributed by atoms with Crippen LogP contribution in [0.1, 0.15) is 28.9 Å². The van der Waals surface area contributed by atoms with Gasteiger partial charge >= 0.3 is 0 Å². The van der Waals surface area contributed by atoms with Crippen LogP contribution in [0.2, 0.25) is 0 Å². The van der Waals surface area contributed by atoms with E-state index in [0.29, 0.717) is 25.3 Å². The number of benzene rings is 1. The van der Waals surface area contributed by atoms with Gasteiger partial charge < -0.3 is 4.90 Å². The lowest BCUT2D eigenvalue weighted by Gasteiger charge is -2.32. The van der Waals surface area contributed by atoms with Crippen molar-refractivity contribution >= 4 is 15.9 Å². The van der Waals surface area contributed by atoms with Crippen LogP contribution in [0, 0.1) is 12.8 Å². The number of carbonyl (C=O) groups is 1. The van der Waals surface area contributed by atoms with Gasteiger partial charge in [-0.05, 0) is 37.8 Å². The normalized spacial score (nSPS) is 17.9. The first-order chi connectivity index (χ1) is 12.5. The van der Waals surface area contributed by atoms with Gasteiger partial charge in [-0.15, -0.1) is 0 Å². The van der Waals surface area contributed by atoms with Gasteiger partial charge in [0.25, 0.3) is 5.91 Å². The average molecular weight is 374 g/mol. The summed E-state index contributed by atoms with van der Waals surface area (Å²) in [7, 11) is -3.54. The Morgan fingerprint density at radius 3 is 2.73 bits per heavy atom. The smallest absolute Gasteiger partial charge is 0.274 e. The van der Waals surface area contributed by atoms with Crippen molar-refractivity contribution in [3.8, 4) is 0 Å². The Morgan fingerprint density at radius 2 is 2.04 bits per heavy atom. The van der Waals surface area contributed by atoms with Crippen LogP contribution in [-0.4, -0.2) is 48.8 Å². The fourth-order valence-electron chi connectivity index (χ4n) is 3.02. The molecule has 0 radical (unpaired) electrons. The van der Waals surface area contributed by atoms with Crippen molar-refractivity contribution in [2.75, 3.05) is 19.6 Å². The summed E-state index contributed by atoms with van der Waals surface area (Å²) in [6.07, 6.45) is 6.18. The number of piperidine rings is 1. The third kappa shape index (κ3) is 4.44. The molecule has 26 heavy (non-hydrogen) atoms. The number of aryl methyl sites for hydroxylation is 1. The van der Waals surface area contributed by atoms with E-state index in [0.717, 1.165) is 18.4 Å². The first-order valence-electron chi connectivity index (χ1n) is 8.57. The molecular formula is C18H22N4O3S. The molecule has 1 saturated heterocycles. The van der Waals surface area contributed by atoms with Gasteiger partial charge in [-0.25, -0.2) is 18.1 Å². The van der Waals surface area contributed by atoms with Crippen molar-refractivity contribution < 1.29 is 13.2 Å². The van der Waals surface area contributed by atoms with Gasteiger partial charge in [-0.2, -0.15) is 0 Å². The quantitative estimate of drug-likeness (QED) is 0.858. The highest BCUT2D eigenvalue weighted by atomic mass is 32.2. The van der Waals surface area contributed by atoms with Crippen LogP contribution < -0.4 is 4.72 Å². The number of hydrogen-bond acceptors (Lipinski definition) is 5. The van der Waals surface area contributed by atoms with Gasteiger partial charge in [0.1, 0.15) is 5.69 Å². The number of nitrogens with zero attached hydrogens (tertiary/aromatic N) is 3. The van der Waals surface area contributed by atoms with E-state index in [1.54, 1.807) is 29.2 Å². The predicted octanol–water partition coefficient (Wildman–Crippen LogP) is 1.62. The van der Waals surface area contributed by atoms with Gasteiger partial charge in [-0.1, -0.05) is 17.7 Å². The number of sulfonamides is 1. The van der Waals surface area contributed by atoms with Crippen molar-refractivity contribution in [1.29, 1.82) is 0 Å². The molecule has 138 valence electrons. The van der Waals surface area contributed by atoms with E-state index in [2.05, 4.69) is 14.7 Å². The van der Waals surface area contributed by atoms with Gasteiger partial charge in [0.05, 0.1) is 11.1 Å². The summed E-state index contributed by atoms with van der Waals surface area (Å²) < 4.78 is 27.5. The summed E-state index contributed by atoms with van der Waals surface area (Å²) in [5, 5.41) is 0. The second-order valence-electron chi connectivity index (χ2n) is 6.52. The van der Waals surface area contributed by atoms with E-state index in [1.807, 2.05) is 6.92 Å². The summed E-state index contributed by atoms with van der Waals surface area (Å²) in [5.74, 6) is -0.0891. The van der Waals surface area contributed by atoms with Crippen molar-refractivity contribution in [3.05, 3.63) is 54.1 Å². The highest BCUT2D eigenvalue weighted by molar-refractivity contribution is 7.89. The molecule has 3 rings (SSSR count). The monoisotopic (exact) mass is 374 g/mol. The first-order valence-corrected chi connectivity index (χ1v) is 10.1. The van der Waals surface area contributed by atoms with E-state index in [1.165, 1.54) is 18.6 Å². The third-order valence-corrected chi connectivity index (χ3v) is 5.92. The van der Waals surface area contributed by atoms with Crippen molar-refractivity contribution in [1.82, 2.24) is 19.6 Å². The number of carbonyl (C=O) groups excluding carboxylic acids is 1. The molecule has 8 heteroatoms. The molecule has 1 aromatic heterocycles. The molecule has 1 atom stereocenters. The van der Waals surface area contributed by atoms with Crippen LogP contribution >= 0.6 is 0 Å². The van der Waals surface area contributed by atoms with Crippen molar-refractivity contribution in [2.24, 2.45) is 5.92 Å². The minimum atomic E-state index is -3.54. The zero-order valence-electron chi connectivity index (χ0n) is 14.6. The van der Waals surface area contributed by atoms with E-state index in [-0.39, 0.29) is 16.7 Å². The number of rotatable bonds is 5. The maximum absolute atomic E-state index is 12.5. The number of hydrogen-bond donors (Lipinski definition) is 1. The first kappa shape index (κ1) is 18.5. The SMILES string of the molecule is Cc1ccc(S(=O)(=O)NCC2CCCN(C(=O)c3cnccn3)C2)cc1. The lowest BCUT2D eigenvalue weighted by Crippen LogP contribution is -2.44. The molecule has 1 amide bonds. The summed E-state index contributed by atoms with van der Waals surface area (Å²) in [5.41, 5.74) is 1.32. The minimum Gasteiger partial charge on any atom is -0.337 e. The van der Waals surface area contributed by atoms with E-state index in [4.69, 9.17) is 0 Å². The summed E-state index contributed by atoms with van der Waals surface area (Å²) in [6, 6.07) is 6.75. The Bertz CT molecular complexity index is 854. The molecule has 7 nitrogen and oxygen atoms in total. The Balaban J connectivity index is 1.60. The Morgan fingerprint density at radius 1 is 1.27 bits per heavy atom. The fourth-order valence-corrected chi connectivity index (χ4v) is 4.13. The van der Waals surface area contributed by atoms with Crippen LogP contribution in [0.4, 0.5) is 0 Å². The van der Waals surface area contributed by atoms with Crippen LogP contribution in [0.5, 0.6) is 0 Å². The zero-order chi connectivity index (χ0) is 18.6. The molecule has 1 aromatic carbocycles. The van der Waals surface area contributed by atoms with Gasteiger partial charge in [0.15, 0.2) is 0 Å². The third-order valence-electron chi connectivity index (χ3n) is 4.48. The van der Waals surface area contributed by atoms with Gasteiger partial charge in [0, 0.05) is 32.0 Å². The topological polar surface area (TPSA) is 92.3 Å². The highest BCUT2D eigenvalue weighted by Gasteiger charge is 2.26. The maximum atomic E-state index is 12.5. The van der Waals surface area contributed by atoms with Gasteiger partial charge in [0.2, 0.25) is 10.0 Å². The number of aromatic nitrogens is 2. The second kappa shape index (κ2) is 7.92. The Hall–Kier alpha value is -2.32. The maximum Gasteiger partial charge on any atom is 0.274 e. The fraction of sp³-hybridized carbons (Fsp3) is 0.389. The summed E-state index contributed by atoms with van der Waals surface area (Å²) >= 11 is 0. The number of amides is 1. The molecule has 0 aliphatic carbocycles. The minimum absolute atomic E-state index is 0.0737. The Labute approximate surface area is 153 Å².